The Morgan fingerprint density at radius 2 is 1.91 bits per heavy atom. The summed E-state index contributed by atoms with van der Waals surface area (Å²) in [6, 6.07) is 13.6. The molecule has 0 aliphatic heterocycles. The van der Waals surface area contributed by atoms with E-state index in [9.17, 15) is 4.79 Å². The normalized spacial score (nSPS) is 11.0. The number of benzene rings is 2. The Hall–Kier alpha value is -4.11. The molecule has 33 heavy (non-hydrogen) atoms. The highest BCUT2D eigenvalue weighted by molar-refractivity contribution is 7.12. The zero-order chi connectivity index (χ0) is 22.9. The van der Waals surface area contributed by atoms with Gasteiger partial charge in [-0.15, -0.1) is 11.3 Å². The number of nitrogens with zero attached hydrogens (tertiary/aromatic N) is 5. The van der Waals surface area contributed by atoms with Gasteiger partial charge in [0, 0.05) is 35.8 Å². The molecule has 0 aliphatic carbocycles. The third kappa shape index (κ3) is 3.83. The minimum Gasteiger partial charge on any atom is -0.494 e. The van der Waals surface area contributed by atoms with Gasteiger partial charge in [-0.05, 0) is 13.0 Å². The highest BCUT2D eigenvalue weighted by atomic mass is 32.1. The molecule has 3 aromatic heterocycles. The smallest absolute Gasteiger partial charge is 0.267 e. The Morgan fingerprint density at radius 3 is 2.64 bits per heavy atom. The van der Waals surface area contributed by atoms with Crippen LogP contribution in [-0.2, 0) is 7.05 Å². The van der Waals surface area contributed by atoms with Crippen LogP contribution in [0, 0.1) is 6.92 Å². The number of hydrogen-bond acceptors (Lipinski definition) is 7. The molecule has 0 unspecified atom stereocenters. The van der Waals surface area contributed by atoms with Crippen LogP contribution >= 0.6 is 11.3 Å². The van der Waals surface area contributed by atoms with Gasteiger partial charge in [0.2, 0.25) is 0 Å². The molecule has 5 rings (SSSR count). The number of hydrogen-bond donors (Lipinski definition) is 1. The number of nitrogens with one attached hydrogen (secondary N) is 1. The molecule has 0 aliphatic rings. The molecule has 1 N–H and O–H groups in total. The molecule has 8 nitrogen and oxygen atoms in total. The van der Waals surface area contributed by atoms with Crippen molar-refractivity contribution in [2.75, 3.05) is 12.4 Å². The van der Waals surface area contributed by atoms with E-state index >= 15 is 0 Å². The molecule has 0 radical (unpaired) electrons. The Kier molecular flexibility index (Phi) is 5.31. The molecule has 3 heterocycles. The number of thiazole rings is 1. The van der Waals surface area contributed by atoms with Crippen molar-refractivity contribution in [1.82, 2.24) is 24.7 Å². The van der Waals surface area contributed by atoms with E-state index in [1.54, 1.807) is 23.4 Å². The first-order valence-corrected chi connectivity index (χ1v) is 11.1. The molecule has 0 atom stereocenters. The summed E-state index contributed by atoms with van der Waals surface area (Å²) in [5.41, 5.74) is 6.97. The SMILES string of the molecule is COc1cc2ncnc(-c3cn(C)nc3-c3ccccc3)c2cc1NC(=O)c1scnc1C. The summed E-state index contributed by atoms with van der Waals surface area (Å²) in [6.07, 6.45) is 3.46. The Labute approximate surface area is 193 Å². The van der Waals surface area contributed by atoms with Gasteiger partial charge in [-0.2, -0.15) is 5.10 Å². The Morgan fingerprint density at radius 1 is 1.09 bits per heavy atom. The third-order valence-corrected chi connectivity index (χ3v) is 6.21. The maximum atomic E-state index is 12.9. The highest BCUT2D eigenvalue weighted by Gasteiger charge is 2.20. The molecule has 9 heteroatoms. The molecule has 164 valence electrons. The second kappa shape index (κ2) is 8.44. The minimum absolute atomic E-state index is 0.239. The predicted octanol–water partition coefficient (Wildman–Crippen LogP) is 4.72. The average Bonchev–Trinajstić information content (AvgIpc) is 3.44. The van der Waals surface area contributed by atoms with Gasteiger partial charge in [0.15, 0.2) is 0 Å². The zero-order valence-corrected chi connectivity index (χ0v) is 19.1. The summed E-state index contributed by atoms with van der Waals surface area (Å²) in [5, 5.41) is 8.40. The maximum absolute atomic E-state index is 12.9. The van der Waals surface area contributed by atoms with E-state index in [0.29, 0.717) is 27.5 Å². The van der Waals surface area contributed by atoms with Crippen molar-refractivity contribution >= 4 is 33.8 Å². The van der Waals surface area contributed by atoms with Crippen molar-refractivity contribution in [3.05, 3.63) is 71.1 Å². The lowest BCUT2D eigenvalue weighted by atomic mass is 10.0. The minimum atomic E-state index is -0.239. The van der Waals surface area contributed by atoms with Crippen LogP contribution in [0.2, 0.25) is 0 Å². The average molecular weight is 457 g/mol. The largest absolute Gasteiger partial charge is 0.494 e. The van der Waals surface area contributed by atoms with E-state index in [-0.39, 0.29) is 5.91 Å². The van der Waals surface area contributed by atoms with E-state index in [1.165, 1.54) is 17.7 Å². The monoisotopic (exact) mass is 456 g/mol. The van der Waals surface area contributed by atoms with Crippen LogP contribution in [0.5, 0.6) is 5.75 Å². The van der Waals surface area contributed by atoms with Crippen LogP contribution in [0.15, 0.2) is 60.5 Å². The first-order valence-electron chi connectivity index (χ1n) is 10.2. The number of carbonyl (C=O) groups is 1. The Balaban J connectivity index is 1.66. The van der Waals surface area contributed by atoms with Crippen LogP contribution < -0.4 is 10.1 Å². The number of anilines is 1. The second-order valence-electron chi connectivity index (χ2n) is 7.44. The maximum Gasteiger partial charge on any atom is 0.267 e. The van der Waals surface area contributed by atoms with E-state index < -0.39 is 0 Å². The van der Waals surface area contributed by atoms with Crippen LogP contribution in [0.3, 0.4) is 0 Å². The van der Waals surface area contributed by atoms with E-state index in [1.807, 2.05) is 56.6 Å². The summed E-state index contributed by atoms with van der Waals surface area (Å²) in [7, 11) is 3.44. The van der Waals surface area contributed by atoms with Crippen molar-refractivity contribution in [2.45, 2.75) is 6.92 Å². The van der Waals surface area contributed by atoms with Gasteiger partial charge in [-0.3, -0.25) is 9.48 Å². The van der Waals surface area contributed by atoms with E-state index in [0.717, 1.165) is 27.9 Å². The van der Waals surface area contributed by atoms with Crippen LogP contribution in [0.4, 0.5) is 5.69 Å². The second-order valence-corrected chi connectivity index (χ2v) is 8.30. The summed E-state index contributed by atoms with van der Waals surface area (Å²) in [6.45, 7) is 1.81. The van der Waals surface area contributed by atoms with Gasteiger partial charge < -0.3 is 10.1 Å². The van der Waals surface area contributed by atoms with Crippen LogP contribution in [-0.4, -0.2) is 37.7 Å². The van der Waals surface area contributed by atoms with Gasteiger partial charge in [-0.25, -0.2) is 15.0 Å². The molecular weight excluding hydrogens is 436 g/mol. The molecular formula is C24H20N6O2S. The van der Waals surface area contributed by atoms with Crippen molar-refractivity contribution in [1.29, 1.82) is 0 Å². The zero-order valence-electron chi connectivity index (χ0n) is 18.2. The number of rotatable bonds is 5. The van der Waals surface area contributed by atoms with Crippen LogP contribution in [0.25, 0.3) is 33.4 Å². The number of ether oxygens (including phenoxy) is 1. The lowest BCUT2D eigenvalue weighted by Gasteiger charge is -2.13. The fourth-order valence-electron chi connectivity index (χ4n) is 3.74. The number of methoxy groups -OCH3 is 1. The van der Waals surface area contributed by atoms with Crippen molar-refractivity contribution < 1.29 is 9.53 Å². The fourth-order valence-corrected chi connectivity index (χ4v) is 4.43. The summed E-state index contributed by atoms with van der Waals surface area (Å²) >= 11 is 1.30. The van der Waals surface area contributed by atoms with Gasteiger partial charge in [0.05, 0.1) is 35.2 Å². The third-order valence-electron chi connectivity index (χ3n) is 5.29. The number of carbonyl (C=O) groups excluding carboxylic acids is 1. The van der Waals surface area contributed by atoms with Gasteiger partial charge in [-0.1, -0.05) is 30.3 Å². The van der Waals surface area contributed by atoms with Crippen molar-refractivity contribution in [3.8, 4) is 28.3 Å². The highest BCUT2D eigenvalue weighted by Crippen LogP contribution is 2.37. The predicted molar refractivity (Wildman–Crippen MR) is 129 cm³/mol. The van der Waals surface area contributed by atoms with E-state index in [4.69, 9.17) is 4.74 Å². The summed E-state index contributed by atoms with van der Waals surface area (Å²) in [5.74, 6) is 0.273. The first kappa shape index (κ1) is 20.8. The van der Waals surface area contributed by atoms with Crippen molar-refractivity contribution in [2.24, 2.45) is 7.05 Å². The Bertz CT molecular complexity index is 1480. The number of amides is 1. The molecule has 0 bridgehead atoms. The number of aryl methyl sites for hydroxylation is 2. The van der Waals surface area contributed by atoms with Crippen molar-refractivity contribution in [3.63, 3.8) is 0 Å². The molecule has 1 amide bonds. The lowest BCUT2D eigenvalue weighted by molar-refractivity contribution is 0.102. The van der Waals surface area contributed by atoms with Gasteiger partial charge in [0.1, 0.15) is 22.6 Å². The van der Waals surface area contributed by atoms with Crippen LogP contribution in [0.1, 0.15) is 15.4 Å². The first-order chi connectivity index (χ1) is 16.0. The molecule has 0 saturated carbocycles. The van der Waals surface area contributed by atoms with E-state index in [2.05, 4.69) is 25.4 Å². The molecule has 2 aromatic carbocycles. The quantitative estimate of drug-likeness (QED) is 0.411. The number of aromatic nitrogens is 5. The molecule has 0 saturated heterocycles. The summed E-state index contributed by atoms with van der Waals surface area (Å²) in [4.78, 5) is 26.6. The standard InChI is InChI=1S/C24H20N6O2S/c1-14-23(33-13-27-14)24(31)28-19-9-16-18(10-20(19)32-3)25-12-26-22(16)17-11-30(2)29-21(17)15-7-5-4-6-8-15/h4-13H,1-3H3,(H,28,31). The fraction of sp³-hybridized carbons (Fsp3) is 0.125. The van der Waals surface area contributed by atoms with Gasteiger partial charge in [0.25, 0.3) is 5.91 Å². The lowest BCUT2D eigenvalue weighted by Crippen LogP contribution is -2.12. The molecule has 5 aromatic rings. The topological polar surface area (TPSA) is 94.8 Å². The number of fused-ring (bicyclic) bond motifs is 1. The molecule has 0 spiro atoms. The van der Waals surface area contributed by atoms with Gasteiger partial charge >= 0.3 is 0 Å². The molecule has 0 fully saturated rings. The summed E-state index contributed by atoms with van der Waals surface area (Å²) < 4.78 is 7.31.